The van der Waals surface area contributed by atoms with E-state index in [2.05, 4.69) is 4.72 Å². The number of hydrogen-bond donors (Lipinski definition) is 2. The maximum Gasteiger partial charge on any atom is 0.244 e. The van der Waals surface area contributed by atoms with Gasteiger partial charge in [0.05, 0.1) is 5.56 Å². The first-order chi connectivity index (χ1) is 9.97. The Balaban J connectivity index is 2.53. The summed E-state index contributed by atoms with van der Waals surface area (Å²) in [7, 11) is -2.43. The lowest BCUT2D eigenvalue weighted by Crippen LogP contribution is -2.19. The van der Waals surface area contributed by atoms with Crippen LogP contribution in [0.1, 0.15) is 5.56 Å². The van der Waals surface area contributed by atoms with Gasteiger partial charge in [-0.15, -0.1) is 0 Å². The highest BCUT2D eigenvalue weighted by molar-refractivity contribution is 7.89. The van der Waals surface area contributed by atoms with Crippen LogP contribution in [0.3, 0.4) is 0 Å². The molecule has 0 heterocycles. The van der Waals surface area contributed by atoms with Gasteiger partial charge >= 0.3 is 0 Å². The SMILES string of the molecule is CNS(=O)(=O)c1cc(N)ccc1Oc1ccccc1C#N. The second kappa shape index (κ2) is 5.83. The molecular weight excluding hydrogens is 290 g/mol. The summed E-state index contributed by atoms with van der Waals surface area (Å²) in [6.45, 7) is 0. The lowest BCUT2D eigenvalue weighted by molar-refractivity contribution is 0.465. The highest BCUT2D eigenvalue weighted by atomic mass is 32.2. The van der Waals surface area contributed by atoms with Crippen molar-refractivity contribution in [3.05, 3.63) is 48.0 Å². The number of ether oxygens (including phenoxy) is 1. The topological polar surface area (TPSA) is 105 Å². The van der Waals surface area contributed by atoms with E-state index < -0.39 is 10.0 Å². The van der Waals surface area contributed by atoms with Crippen LogP contribution in [0, 0.1) is 11.3 Å². The van der Waals surface area contributed by atoms with Gasteiger partial charge in [0.1, 0.15) is 22.5 Å². The molecule has 0 saturated carbocycles. The van der Waals surface area contributed by atoms with Crippen LogP contribution < -0.4 is 15.2 Å². The molecule has 2 aromatic rings. The number of sulfonamides is 1. The number of benzene rings is 2. The molecule has 0 aliphatic rings. The van der Waals surface area contributed by atoms with E-state index in [-0.39, 0.29) is 16.4 Å². The lowest BCUT2D eigenvalue weighted by atomic mass is 10.2. The number of nitriles is 1. The van der Waals surface area contributed by atoms with Crippen LogP contribution >= 0.6 is 0 Å². The van der Waals surface area contributed by atoms with E-state index in [1.807, 2.05) is 6.07 Å². The number of rotatable bonds is 4. The Morgan fingerprint density at radius 1 is 1.19 bits per heavy atom. The molecule has 0 unspecified atom stereocenters. The van der Waals surface area contributed by atoms with Crippen molar-refractivity contribution in [2.45, 2.75) is 4.90 Å². The lowest BCUT2D eigenvalue weighted by Gasteiger charge is -2.12. The van der Waals surface area contributed by atoms with Crippen LogP contribution in [-0.2, 0) is 10.0 Å². The number of nitrogen functional groups attached to an aromatic ring is 1. The molecule has 0 atom stereocenters. The third-order valence-corrected chi connectivity index (χ3v) is 4.19. The fraction of sp³-hybridized carbons (Fsp3) is 0.0714. The molecule has 6 nitrogen and oxygen atoms in total. The number of nitrogens with zero attached hydrogens (tertiary/aromatic N) is 1. The summed E-state index contributed by atoms with van der Waals surface area (Å²) in [6, 6.07) is 12.8. The fourth-order valence-corrected chi connectivity index (χ4v) is 2.58. The molecule has 0 amide bonds. The minimum atomic E-state index is -3.73. The smallest absolute Gasteiger partial charge is 0.244 e. The zero-order valence-corrected chi connectivity index (χ0v) is 12.0. The Bertz CT molecular complexity index is 810. The van der Waals surface area contributed by atoms with Crippen LogP contribution in [0.4, 0.5) is 5.69 Å². The summed E-state index contributed by atoms with van der Waals surface area (Å²) in [5, 5.41) is 9.04. The van der Waals surface area contributed by atoms with Gasteiger partial charge in [-0.3, -0.25) is 0 Å². The number of nitrogens with two attached hydrogens (primary N) is 1. The third kappa shape index (κ3) is 3.13. The van der Waals surface area contributed by atoms with Gasteiger partial charge in [-0.05, 0) is 37.4 Å². The van der Waals surface area contributed by atoms with Gasteiger partial charge in [0.2, 0.25) is 10.0 Å². The van der Waals surface area contributed by atoms with Crippen molar-refractivity contribution < 1.29 is 13.2 Å². The predicted molar refractivity (Wildman–Crippen MR) is 78.3 cm³/mol. The molecule has 0 fully saturated rings. The van der Waals surface area contributed by atoms with E-state index >= 15 is 0 Å². The molecule has 3 N–H and O–H groups in total. The number of anilines is 1. The summed E-state index contributed by atoms with van der Waals surface area (Å²) in [5.74, 6) is 0.374. The Hall–Kier alpha value is -2.56. The first-order valence-corrected chi connectivity index (χ1v) is 7.46. The zero-order chi connectivity index (χ0) is 15.5. The predicted octanol–water partition coefficient (Wildman–Crippen LogP) is 1.84. The van der Waals surface area contributed by atoms with Crippen molar-refractivity contribution in [1.82, 2.24) is 4.72 Å². The third-order valence-electron chi connectivity index (χ3n) is 2.75. The van der Waals surface area contributed by atoms with E-state index in [1.54, 1.807) is 24.3 Å². The molecule has 0 spiro atoms. The molecule has 0 bridgehead atoms. The van der Waals surface area contributed by atoms with Crippen LogP contribution in [0.15, 0.2) is 47.4 Å². The number of para-hydroxylation sites is 1. The molecule has 21 heavy (non-hydrogen) atoms. The largest absolute Gasteiger partial charge is 0.455 e. The summed E-state index contributed by atoms with van der Waals surface area (Å²) < 4.78 is 31.8. The Morgan fingerprint density at radius 2 is 1.90 bits per heavy atom. The van der Waals surface area contributed by atoms with Crippen LogP contribution in [0.2, 0.25) is 0 Å². The molecular formula is C14H13N3O3S. The molecule has 0 aliphatic heterocycles. The van der Waals surface area contributed by atoms with Gasteiger partial charge in [-0.25, -0.2) is 13.1 Å². The zero-order valence-electron chi connectivity index (χ0n) is 11.2. The Labute approximate surface area is 122 Å². The second-order valence-electron chi connectivity index (χ2n) is 4.12. The maximum atomic E-state index is 12.0. The van der Waals surface area contributed by atoms with Gasteiger partial charge in [0, 0.05) is 5.69 Å². The monoisotopic (exact) mass is 303 g/mol. The average Bonchev–Trinajstić information content (AvgIpc) is 2.49. The highest BCUT2D eigenvalue weighted by Crippen LogP contribution is 2.31. The molecule has 0 saturated heterocycles. The minimum Gasteiger partial charge on any atom is -0.455 e. The van der Waals surface area contributed by atoms with Gasteiger partial charge < -0.3 is 10.5 Å². The van der Waals surface area contributed by atoms with Crippen LogP contribution in [0.25, 0.3) is 0 Å². The van der Waals surface area contributed by atoms with E-state index in [1.165, 1.54) is 25.2 Å². The molecule has 108 valence electrons. The first-order valence-electron chi connectivity index (χ1n) is 5.98. The summed E-state index contributed by atoms with van der Waals surface area (Å²) in [5.41, 5.74) is 6.23. The molecule has 0 radical (unpaired) electrons. The van der Waals surface area contributed by atoms with E-state index in [0.29, 0.717) is 11.3 Å². The molecule has 2 rings (SSSR count). The quantitative estimate of drug-likeness (QED) is 0.838. The highest BCUT2D eigenvalue weighted by Gasteiger charge is 2.19. The standard InChI is InChI=1S/C14H13N3O3S/c1-17-21(18,19)14-8-11(16)6-7-13(14)20-12-5-3-2-4-10(12)9-15/h2-8,17H,16H2,1H3. The van der Waals surface area contributed by atoms with Gasteiger partial charge in [0.15, 0.2) is 0 Å². The van der Waals surface area contributed by atoms with Crippen molar-refractivity contribution in [1.29, 1.82) is 5.26 Å². The second-order valence-corrected chi connectivity index (χ2v) is 5.98. The van der Waals surface area contributed by atoms with E-state index in [9.17, 15) is 8.42 Å². The van der Waals surface area contributed by atoms with Gasteiger partial charge in [0.25, 0.3) is 0 Å². The summed E-state index contributed by atoms with van der Waals surface area (Å²) >= 11 is 0. The molecule has 2 aromatic carbocycles. The van der Waals surface area contributed by atoms with Crippen molar-refractivity contribution in [3.8, 4) is 17.6 Å². The van der Waals surface area contributed by atoms with Crippen LogP contribution in [0.5, 0.6) is 11.5 Å². The first kappa shape index (κ1) is 14.8. The van der Waals surface area contributed by atoms with Crippen molar-refractivity contribution in [3.63, 3.8) is 0 Å². The van der Waals surface area contributed by atoms with E-state index in [0.717, 1.165) is 0 Å². The minimum absolute atomic E-state index is 0.0854. The average molecular weight is 303 g/mol. The van der Waals surface area contributed by atoms with E-state index in [4.69, 9.17) is 15.7 Å². The van der Waals surface area contributed by atoms with Gasteiger partial charge in [-0.2, -0.15) is 5.26 Å². The number of hydrogen-bond acceptors (Lipinski definition) is 5. The fourth-order valence-electron chi connectivity index (χ4n) is 1.70. The normalized spacial score (nSPS) is 10.9. The molecule has 7 heteroatoms. The summed E-state index contributed by atoms with van der Waals surface area (Å²) in [4.78, 5) is -0.0854. The Morgan fingerprint density at radius 3 is 2.57 bits per heavy atom. The van der Waals surface area contributed by atoms with Crippen molar-refractivity contribution in [2.24, 2.45) is 0 Å². The van der Waals surface area contributed by atoms with Crippen molar-refractivity contribution in [2.75, 3.05) is 12.8 Å². The van der Waals surface area contributed by atoms with Crippen molar-refractivity contribution >= 4 is 15.7 Å². The van der Waals surface area contributed by atoms with Crippen LogP contribution in [-0.4, -0.2) is 15.5 Å². The molecule has 0 aromatic heterocycles. The molecule has 0 aliphatic carbocycles. The van der Waals surface area contributed by atoms with Gasteiger partial charge in [-0.1, -0.05) is 12.1 Å². The maximum absolute atomic E-state index is 12.0. The number of nitrogens with one attached hydrogen (secondary N) is 1. The summed E-state index contributed by atoms with van der Waals surface area (Å²) in [6.07, 6.45) is 0. The Kier molecular flexibility index (Phi) is 4.12.